The Morgan fingerprint density at radius 2 is 1.55 bits per heavy atom. The summed E-state index contributed by atoms with van der Waals surface area (Å²) >= 11 is 0. The highest BCUT2D eigenvalue weighted by Gasteiger charge is 2.14. The number of nitro groups is 1. The van der Waals surface area contributed by atoms with Crippen molar-refractivity contribution in [3.8, 4) is 11.5 Å². The molecule has 0 aliphatic rings. The fraction of sp³-hybridized carbons (Fsp3) is 0.321. The lowest BCUT2D eigenvalue weighted by Gasteiger charge is -2.19. The summed E-state index contributed by atoms with van der Waals surface area (Å²) < 4.78 is 27.2. The number of non-ortho nitro benzene ring substituents is 1. The molecule has 0 spiro atoms. The van der Waals surface area contributed by atoms with Gasteiger partial charge in [0.15, 0.2) is 12.1 Å². The predicted octanol–water partition coefficient (Wildman–Crippen LogP) is 4.45. The summed E-state index contributed by atoms with van der Waals surface area (Å²) in [6, 6.07) is 11.9. The fourth-order valence-corrected chi connectivity index (χ4v) is 3.11. The molecule has 1 atom stereocenters. The van der Waals surface area contributed by atoms with Gasteiger partial charge >= 0.3 is 6.16 Å². The summed E-state index contributed by atoms with van der Waals surface area (Å²) in [6.45, 7) is 7.65. The molecule has 0 saturated heterocycles. The van der Waals surface area contributed by atoms with Crippen LogP contribution in [0.1, 0.15) is 31.1 Å². The molecule has 0 heterocycles. The lowest BCUT2D eigenvalue weighted by molar-refractivity contribution is -0.384. The lowest BCUT2D eigenvalue weighted by Crippen LogP contribution is -2.26. The number of nitro benzene ring substituents is 1. The van der Waals surface area contributed by atoms with Crippen LogP contribution in [0.2, 0.25) is 0 Å². The smallest absolute Gasteiger partial charge is 0.490 e. The van der Waals surface area contributed by atoms with Crippen molar-refractivity contribution in [2.75, 3.05) is 33.0 Å². The normalized spacial score (nSPS) is 11.1. The largest absolute Gasteiger partial charge is 0.513 e. The van der Waals surface area contributed by atoms with Crippen LogP contribution in [-0.4, -0.2) is 55.7 Å². The topological polar surface area (TPSA) is 153 Å². The number of ketones is 1. The summed E-state index contributed by atoms with van der Waals surface area (Å²) in [7, 11) is 0. The maximum atomic E-state index is 11.8. The molecule has 0 aromatic heterocycles. The number of ether oxygens (including phenoxy) is 5. The van der Waals surface area contributed by atoms with E-state index in [1.165, 1.54) is 36.4 Å². The van der Waals surface area contributed by atoms with Crippen molar-refractivity contribution >= 4 is 23.5 Å². The second-order valence-corrected chi connectivity index (χ2v) is 8.07. The van der Waals surface area contributed by atoms with Crippen LogP contribution < -0.4 is 14.8 Å². The van der Waals surface area contributed by atoms with E-state index in [9.17, 15) is 24.5 Å². The van der Waals surface area contributed by atoms with Gasteiger partial charge in [-0.1, -0.05) is 25.3 Å². The molecule has 2 aromatic rings. The van der Waals surface area contributed by atoms with Gasteiger partial charge in [-0.3, -0.25) is 19.7 Å². The Labute approximate surface area is 231 Å². The Hall–Kier alpha value is -4.55. The number of hydrogen-bond donors (Lipinski definition) is 1. The van der Waals surface area contributed by atoms with E-state index in [4.69, 9.17) is 23.7 Å². The number of nitrogens with one attached hydrogen (secondary N) is 1. The predicted molar refractivity (Wildman–Crippen MR) is 144 cm³/mol. The number of nitrogens with zero attached hydrogens (tertiary/aromatic N) is 1. The third-order valence-corrected chi connectivity index (χ3v) is 5.14. The zero-order valence-electron chi connectivity index (χ0n) is 22.0. The van der Waals surface area contributed by atoms with Crippen LogP contribution in [0.3, 0.4) is 0 Å². The molecule has 1 unspecified atom stereocenters. The van der Waals surface area contributed by atoms with Gasteiger partial charge in [0, 0.05) is 30.7 Å². The number of carbonyl (C=O) groups is 3. The molecular weight excluding hydrogens is 524 g/mol. The van der Waals surface area contributed by atoms with Crippen molar-refractivity contribution in [3.05, 3.63) is 89.5 Å². The summed E-state index contributed by atoms with van der Waals surface area (Å²) in [4.78, 5) is 44.6. The maximum Gasteiger partial charge on any atom is 0.513 e. The van der Waals surface area contributed by atoms with E-state index in [0.717, 1.165) is 0 Å². The zero-order valence-corrected chi connectivity index (χ0v) is 22.0. The first-order valence-electron chi connectivity index (χ1n) is 12.4. The van der Waals surface area contributed by atoms with Gasteiger partial charge in [-0.25, -0.2) is 4.79 Å². The van der Waals surface area contributed by atoms with Gasteiger partial charge in [0.2, 0.25) is 5.91 Å². The Morgan fingerprint density at radius 1 is 0.875 bits per heavy atom. The van der Waals surface area contributed by atoms with Crippen molar-refractivity contribution in [1.29, 1.82) is 0 Å². The first-order chi connectivity index (χ1) is 19.3. The molecule has 0 aliphatic heterocycles. The minimum absolute atomic E-state index is 0.0202. The number of carbonyl (C=O) groups excluding carboxylic acids is 3. The van der Waals surface area contributed by atoms with Crippen LogP contribution in [0, 0.1) is 10.1 Å². The zero-order chi connectivity index (χ0) is 29.2. The molecule has 0 bridgehead atoms. The van der Waals surface area contributed by atoms with Crippen molar-refractivity contribution in [2.45, 2.75) is 25.6 Å². The van der Waals surface area contributed by atoms with Gasteiger partial charge in [0.25, 0.3) is 5.69 Å². The minimum atomic E-state index is -0.969. The number of benzene rings is 2. The molecule has 0 radical (unpaired) electrons. The monoisotopic (exact) mass is 556 g/mol. The molecule has 0 aliphatic carbocycles. The molecule has 2 aromatic carbocycles. The van der Waals surface area contributed by atoms with E-state index in [-0.39, 0.29) is 49.5 Å². The average Bonchev–Trinajstić information content (AvgIpc) is 2.96. The van der Waals surface area contributed by atoms with Crippen LogP contribution in [0.15, 0.2) is 73.8 Å². The molecule has 0 saturated carbocycles. The number of allylic oxidation sites excluding steroid dienone is 1. The fourth-order valence-electron chi connectivity index (χ4n) is 3.11. The molecule has 12 heteroatoms. The van der Waals surface area contributed by atoms with E-state index >= 15 is 0 Å². The Balaban J connectivity index is 1.79. The highest BCUT2D eigenvalue weighted by molar-refractivity contribution is 5.88. The van der Waals surface area contributed by atoms with E-state index in [1.807, 2.05) is 0 Å². The van der Waals surface area contributed by atoms with Gasteiger partial charge < -0.3 is 29.0 Å². The van der Waals surface area contributed by atoms with Crippen LogP contribution >= 0.6 is 0 Å². The number of hydrogen-bond acceptors (Lipinski definition) is 10. The Kier molecular flexibility index (Phi) is 14.1. The SMILES string of the molecule is C=CC(=O)CCCCOC(OCCNC(=O)C=C)c1ccc(OCCOC(=O)Oc2ccc([N+](=O)[O-])cc2)cc1. The molecule has 12 nitrogen and oxygen atoms in total. The first kappa shape index (κ1) is 31.7. The summed E-state index contributed by atoms with van der Waals surface area (Å²) in [5, 5.41) is 13.3. The second kappa shape index (κ2) is 17.9. The van der Waals surface area contributed by atoms with Gasteiger partial charge in [-0.2, -0.15) is 0 Å². The molecule has 0 fully saturated rings. The lowest BCUT2D eigenvalue weighted by atomic mass is 10.2. The van der Waals surface area contributed by atoms with Crippen LogP contribution in [0.5, 0.6) is 11.5 Å². The maximum absolute atomic E-state index is 11.8. The number of unbranched alkanes of at least 4 members (excludes halogenated alkanes) is 1. The van der Waals surface area contributed by atoms with E-state index in [2.05, 4.69) is 18.5 Å². The quantitative estimate of drug-likeness (QED) is 0.0499. The number of rotatable bonds is 19. The van der Waals surface area contributed by atoms with Crippen LogP contribution in [0.25, 0.3) is 0 Å². The van der Waals surface area contributed by atoms with Crippen molar-refractivity contribution < 1.29 is 43.0 Å². The first-order valence-corrected chi connectivity index (χ1v) is 12.4. The van der Waals surface area contributed by atoms with Gasteiger partial charge in [-0.05, 0) is 49.3 Å². The van der Waals surface area contributed by atoms with Gasteiger partial charge in [0.05, 0.1) is 18.1 Å². The highest BCUT2D eigenvalue weighted by Crippen LogP contribution is 2.23. The molecule has 2 rings (SSSR count). The van der Waals surface area contributed by atoms with Gasteiger partial charge in [-0.15, -0.1) is 0 Å². The Bertz CT molecular complexity index is 1130. The molecular formula is C28H32N2O10. The van der Waals surface area contributed by atoms with Crippen LogP contribution in [-0.2, 0) is 23.8 Å². The van der Waals surface area contributed by atoms with Crippen molar-refractivity contribution in [2.24, 2.45) is 0 Å². The third kappa shape index (κ3) is 12.3. The summed E-state index contributed by atoms with van der Waals surface area (Å²) in [5.74, 6) is 0.293. The highest BCUT2D eigenvalue weighted by atomic mass is 16.7. The summed E-state index contributed by atoms with van der Waals surface area (Å²) in [6.07, 6.45) is 2.50. The molecule has 1 N–H and O–H groups in total. The minimum Gasteiger partial charge on any atom is -0.490 e. The third-order valence-electron chi connectivity index (χ3n) is 5.14. The molecule has 1 amide bonds. The van der Waals surface area contributed by atoms with Gasteiger partial charge in [0.1, 0.15) is 24.7 Å². The van der Waals surface area contributed by atoms with Crippen molar-refractivity contribution in [3.63, 3.8) is 0 Å². The molecule has 214 valence electrons. The van der Waals surface area contributed by atoms with E-state index in [0.29, 0.717) is 37.2 Å². The van der Waals surface area contributed by atoms with Crippen molar-refractivity contribution in [1.82, 2.24) is 5.32 Å². The number of amides is 1. The summed E-state index contributed by atoms with van der Waals surface area (Å²) in [5.41, 5.74) is 0.589. The average molecular weight is 557 g/mol. The van der Waals surface area contributed by atoms with E-state index in [1.54, 1.807) is 24.3 Å². The molecule has 40 heavy (non-hydrogen) atoms. The second-order valence-electron chi connectivity index (χ2n) is 8.07. The van der Waals surface area contributed by atoms with Crippen LogP contribution in [0.4, 0.5) is 10.5 Å². The van der Waals surface area contributed by atoms with E-state index < -0.39 is 17.4 Å². The Morgan fingerprint density at radius 3 is 2.20 bits per heavy atom. The standard InChI is InChI=1S/C28H32N2O10/c1-3-23(31)7-5-6-17-37-27(38-18-16-29-26(32)4-2)21-8-12-24(13-9-21)36-19-20-39-28(33)40-25-14-10-22(11-15-25)30(34)35/h3-4,8-15,27H,1-2,5-7,16-20H2,(H,29,32).